The zero-order valence-corrected chi connectivity index (χ0v) is 11.5. The minimum Gasteiger partial charge on any atom is -0.493 e. The van der Waals surface area contributed by atoms with Crippen LogP contribution in [0.1, 0.15) is 18.5 Å². The largest absolute Gasteiger partial charge is 0.493 e. The van der Waals surface area contributed by atoms with Crippen molar-refractivity contribution < 1.29 is 9.47 Å². The molecule has 19 heavy (non-hydrogen) atoms. The molecule has 0 saturated heterocycles. The van der Waals surface area contributed by atoms with Gasteiger partial charge in [-0.25, -0.2) is 0 Å². The summed E-state index contributed by atoms with van der Waals surface area (Å²) in [6.45, 7) is 0.724. The summed E-state index contributed by atoms with van der Waals surface area (Å²) in [5, 5.41) is 2.16. The number of pyridine rings is 1. The van der Waals surface area contributed by atoms with Crippen molar-refractivity contribution >= 4 is 10.8 Å². The van der Waals surface area contributed by atoms with E-state index in [-0.39, 0.29) is 0 Å². The van der Waals surface area contributed by atoms with E-state index in [2.05, 4.69) is 4.98 Å². The second-order valence-corrected chi connectivity index (χ2v) is 4.40. The predicted molar refractivity (Wildman–Crippen MR) is 76.8 cm³/mol. The number of hydrogen-bond acceptors (Lipinski definition) is 4. The fourth-order valence-corrected chi connectivity index (χ4v) is 2.28. The van der Waals surface area contributed by atoms with Crippen molar-refractivity contribution in [1.82, 2.24) is 4.98 Å². The summed E-state index contributed by atoms with van der Waals surface area (Å²) in [6, 6.07) is 5.93. The SMILES string of the molecule is COc1ccc2c(CCCCN)nccc2c1OC. The summed E-state index contributed by atoms with van der Waals surface area (Å²) in [5.41, 5.74) is 6.62. The molecule has 4 heteroatoms. The maximum Gasteiger partial charge on any atom is 0.168 e. The monoisotopic (exact) mass is 260 g/mol. The van der Waals surface area contributed by atoms with E-state index < -0.39 is 0 Å². The number of rotatable bonds is 6. The van der Waals surface area contributed by atoms with Crippen molar-refractivity contribution in [2.75, 3.05) is 20.8 Å². The van der Waals surface area contributed by atoms with Gasteiger partial charge in [-0.15, -0.1) is 0 Å². The van der Waals surface area contributed by atoms with E-state index in [0.717, 1.165) is 53.8 Å². The second kappa shape index (κ2) is 6.38. The lowest BCUT2D eigenvalue weighted by atomic mass is 10.0. The summed E-state index contributed by atoms with van der Waals surface area (Å²) in [7, 11) is 3.30. The van der Waals surface area contributed by atoms with Gasteiger partial charge >= 0.3 is 0 Å². The van der Waals surface area contributed by atoms with Crippen LogP contribution >= 0.6 is 0 Å². The standard InChI is InChI=1S/C15H20N2O2/c1-18-14-7-6-11-12(15(14)19-2)8-10-17-13(11)5-3-4-9-16/h6-8,10H,3-5,9,16H2,1-2H3. The summed E-state index contributed by atoms with van der Waals surface area (Å²) in [4.78, 5) is 4.47. The number of nitrogens with two attached hydrogens (primary N) is 1. The number of fused-ring (bicyclic) bond motifs is 1. The van der Waals surface area contributed by atoms with Crippen molar-refractivity contribution in [3.63, 3.8) is 0 Å². The lowest BCUT2D eigenvalue weighted by Crippen LogP contribution is -2.00. The van der Waals surface area contributed by atoms with Crippen LogP contribution in [0.25, 0.3) is 10.8 Å². The van der Waals surface area contributed by atoms with Gasteiger partial charge in [0, 0.05) is 22.7 Å². The maximum absolute atomic E-state index is 5.53. The Hall–Kier alpha value is -1.81. The number of benzene rings is 1. The Bertz CT molecular complexity index is 555. The van der Waals surface area contributed by atoms with Crippen molar-refractivity contribution in [2.24, 2.45) is 5.73 Å². The van der Waals surface area contributed by atoms with Crippen molar-refractivity contribution in [1.29, 1.82) is 0 Å². The Labute approximate surface area is 113 Å². The highest BCUT2D eigenvalue weighted by Gasteiger charge is 2.11. The fourth-order valence-electron chi connectivity index (χ4n) is 2.28. The molecule has 0 atom stereocenters. The van der Waals surface area contributed by atoms with E-state index >= 15 is 0 Å². The lowest BCUT2D eigenvalue weighted by molar-refractivity contribution is 0.358. The van der Waals surface area contributed by atoms with Crippen molar-refractivity contribution in [3.05, 3.63) is 30.1 Å². The molecule has 0 radical (unpaired) electrons. The van der Waals surface area contributed by atoms with Gasteiger partial charge in [-0.1, -0.05) is 0 Å². The van der Waals surface area contributed by atoms with Crippen LogP contribution in [-0.2, 0) is 6.42 Å². The van der Waals surface area contributed by atoms with Crippen molar-refractivity contribution in [3.8, 4) is 11.5 Å². The molecule has 102 valence electrons. The Balaban J connectivity index is 2.45. The van der Waals surface area contributed by atoms with Crippen molar-refractivity contribution in [2.45, 2.75) is 19.3 Å². The van der Waals surface area contributed by atoms with Gasteiger partial charge in [-0.3, -0.25) is 4.98 Å². The zero-order valence-electron chi connectivity index (χ0n) is 11.5. The van der Waals surface area contributed by atoms with Crippen LogP contribution in [0.3, 0.4) is 0 Å². The topological polar surface area (TPSA) is 57.4 Å². The van der Waals surface area contributed by atoms with Gasteiger partial charge in [0.25, 0.3) is 0 Å². The number of ether oxygens (including phenoxy) is 2. The molecule has 0 aliphatic heterocycles. The molecule has 2 N–H and O–H groups in total. The van der Waals surface area contributed by atoms with Crippen LogP contribution in [0.15, 0.2) is 24.4 Å². The Morgan fingerprint density at radius 3 is 2.58 bits per heavy atom. The van der Waals surface area contributed by atoms with E-state index in [4.69, 9.17) is 15.2 Å². The summed E-state index contributed by atoms with van der Waals surface area (Å²) in [6.07, 6.45) is 4.83. The van der Waals surface area contributed by atoms with Crippen LogP contribution in [-0.4, -0.2) is 25.7 Å². The highest BCUT2D eigenvalue weighted by molar-refractivity contribution is 5.92. The highest BCUT2D eigenvalue weighted by atomic mass is 16.5. The third-order valence-electron chi connectivity index (χ3n) is 3.23. The molecular weight excluding hydrogens is 240 g/mol. The second-order valence-electron chi connectivity index (χ2n) is 4.40. The number of hydrogen-bond donors (Lipinski definition) is 1. The first-order valence-corrected chi connectivity index (χ1v) is 6.50. The summed E-state index contributed by atoms with van der Waals surface area (Å²) in [5.74, 6) is 1.51. The molecule has 0 bridgehead atoms. The smallest absolute Gasteiger partial charge is 0.168 e. The van der Waals surface area contributed by atoms with E-state index in [0.29, 0.717) is 0 Å². The minimum atomic E-state index is 0.724. The molecule has 0 aliphatic rings. The highest BCUT2D eigenvalue weighted by Crippen LogP contribution is 2.36. The lowest BCUT2D eigenvalue weighted by Gasteiger charge is -2.12. The van der Waals surface area contributed by atoms with Gasteiger partial charge in [-0.05, 0) is 44.0 Å². The first-order valence-electron chi connectivity index (χ1n) is 6.50. The average Bonchev–Trinajstić information content (AvgIpc) is 2.46. The Morgan fingerprint density at radius 2 is 1.89 bits per heavy atom. The average molecular weight is 260 g/mol. The predicted octanol–water partition coefficient (Wildman–Crippen LogP) is 2.53. The van der Waals surface area contributed by atoms with Crippen LogP contribution in [0, 0.1) is 0 Å². The fraction of sp³-hybridized carbons (Fsp3) is 0.400. The molecule has 4 nitrogen and oxygen atoms in total. The first kappa shape index (κ1) is 13.6. The van der Waals surface area contributed by atoms with Crippen LogP contribution in [0.2, 0.25) is 0 Å². The van der Waals surface area contributed by atoms with Crippen LogP contribution in [0.4, 0.5) is 0 Å². The summed E-state index contributed by atoms with van der Waals surface area (Å²) < 4.78 is 10.8. The molecule has 0 spiro atoms. The zero-order chi connectivity index (χ0) is 13.7. The van der Waals surface area contributed by atoms with E-state index in [9.17, 15) is 0 Å². The molecule has 1 aromatic carbocycles. The van der Waals surface area contributed by atoms with Gasteiger partial charge in [-0.2, -0.15) is 0 Å². The maximum atomic E-state index is 5.53. The van der Waals surface area contributed by atoms with Gasteiger partial charge in [0.2, 0.25) is 0 Å². The van der Waals surface area contributed by atoms with E-state index in [1.807, 2.05) is 24.4 Å². The number of nitrogens with zero attached hydrogens (tertiary/aromatic N) is 1. The minimum absolute atomic E-state index is 0.724. The molecule has 0 amide bonds. The molecule has 0 saturated carbocycles. The van der Waals surface area contributed by atoms with Gasteiger partial charge in [0.15, 0.2) is 11.5 Å². The first-order chi connectivity index (χ1) is 9.31. The number of methoxy groups -OCH3 is 2. The Morgan fingerprint density at radius 1 is 1.05 bits per heavy atom. The van der Waals surface area contributed by atoms with Crippen LogP contribution in [0.5, 0.6) is 11.5 Å². The molecule has 2 aromatic rings. The Kier molecular flexibility index (Phi) is 4.58. The number of unbranched alkanes of at least 4 members (excludes halogenated alkanes) is 1. The molecule has 1 aromatic heterocycles. The van der Waals surface area contributed by atoms with E-state index in [1.165, 1.54) is 0 Å². The molecule has 0 unspecified atom stereocenters. The normalized spacial score (nSPS) is 10.7. The number of aryl methyl sites for hydroxylation is 1. The van der Waals surface area contributed by atoms with Gasteiger partial charge in [0.05, 0.1) is 14.2 Å². The quantitative estimate of drug-likeness (QED) is 0.811. The molecular formula is C15H20N2O2. The molecule has 0 fully saturated rings. The van der Waals surface area contributed by atoms with Crippen LogP contribution < -0.4 is 15.2 Å². The van der Waals surface area contributed by atoms with E-state index in [1.54, 1.807) is 14.2 Å². The van der Waals surface area contributed by atoms with Gasteiger partial charge < -0.3 is 15.2 Å². The number of aromatic nitrogens is 1. The molecule has 0 aliphatic carbocycles. The molecule has 2 rings (SSSR count). The third kappa shape index (κ3) is 2.79. The molecule has 1 heterocycles. The third-order valence-corrected chi connectivity index (χ3v) is 3.23. The van der Waals surface area contributed by atoms with Gasteiger partial charge in [0.1, 0.15) is 0 Å². The summed E-state index contributed by atoms with van der Waals surface area (Å²) >= 11 is 0.